The monoisotopic (exact) mass is 286 g/mol. The second-order valence-electron chi connectivity index (χ2n) is 6.61. The lowest BCUT2D eigenvalue weighted by molar-refractivity contribution is 0.127. The average Bonchev–Trinajstić information content (AvgIpc) is 2.76. The van der Waals surface area contributed by atoms with Crippen LogP contribution in [0.1, 0.15) is 43.4 Å². The molecule has 4 heteroatoms. The van der Waals surface area contributed by atoms with Crippen LogP contribution in [-0.2, 0) is 6.42 Å². The zero-order valence-electron chi connectivity index (χ0n) is 13.0. The summed E-state index contributed by atoms with van der Waals surface area (Å²) in [6, 6.07) is 4.08. The molecule has 0 bridgehead atoms. The van der Waals surface area contributed by atoms with E-state index in [0.29, 0.717) is 6.54 Å². The van der Waals surface area contributed by atoms with E-state index in [1.54, 1.807) is 0 Å². The van der Waals surface area contributed by atoms with Gasteiger partial charge in [0.1, 0.15) is 11.4 Å². The molecule has 0 radical (unpaired) electrons. The lowest BCUT2D eigenvalue weighted by Crippen LogP contribution is -2.38. The molecular weight excluding hydrogens is 264 g/mol. The number of aromatic nitrogens is 1. The van der Waals surface area contributed by atoms with Crippen LogP contribution in [-0.4, -0.2) is 17.1 Å². The van der Waals surface area contributed by atoms with Crippen molar-refractivity contribution < 1.29 is 4.74 Å². The topological polar surface area (TPSA) is 68.1 Å². The van der Waals surface area contributed by atoms with Crippen molar-refractivity contribution in [3.8, 4) is 5.75 Å². The lowest BCUT2D eigenvalue weighted by atomic mass is 9.95. The molecule has 4 nitrogen and oxygen atoms in total. The molecule has 112 valence electrons. The van der Waals surface area contributed by atoms with Gasteiger partial charge >= 0.3 is 0 Å². The Balaban J connectivity index is 2.31. The Morgan fingerprint density at radius 3 is 2.76 bits per heavy atom. The summed E-state index contributed by atoms with van der Waals surface area (Å²) in [7, 11) is 0. The third kappa shape index (κ3) is 2.14. The smallest absolute Gasteiger partial charge is 0.251 e. The third-order valence-corrected chi connectivity index (χ3v) is 4.36. The minimum atomic E-state index is -0.350. The lowest BCUT2D eigenvalue weighted by Gasteiger charge is -2.21. The zero-order valence-corrected chi connectivity index (χ0v) is 13.0. The van der Waals surface area contributed by atoms with Crippen LogP contribution in [0.15, 0.2) is 16.9 Å². The maximum absolute atomic E-state index is 12.2. The molecular formula is C17H22N2O2. The Hall–Kier alpha value is -1.81. The van der Waals surface area contributed by atoms with Crippen LogP contribution in [0.5, 0.6) is 5.75 Å². The van der Waals surface area contributed by atoms with Gasteiger partial charge in [-0.1, -0.05) is 19.9 Å². The molecule has 1 aromatic heterocycles. The van der Waals surface area contributed by atoms with E-state index in [1.807, 2.05) is 33.8 Å². The summed E-state index contributed by atoms with van der Waals surface area (Å²) in [5.74, 6) is 1.05. The molecule has 21 heavy (non-hydrogen) atoms. The van der Waals surface area contributed by atoms with Crippen molar-refractivity contribution >= 4 is 10.9 Å². The molecule has 0 amide bonds. The Labute approximate surface area is 124 Å². The summed E-state index contributed by atoms with van der Waals surface area (Å²) in [4.78, 5) is 15.2. The van der Waals surface area contributed by atoms with Gasteiger partial charge in [-0.2, -0.15) is 0 Å². The summed E-state index contributed by atoms with van der Waals surface area (Å²) in [6.07, 6.45) is 0.811. The van der Waals surface area contributed by atoms with Crippen molar-refractivity contribution in [2.24, 2.45) is 5.73 Å². The van der Waals surface area contributed by atoms with Gasteiger partial charge in [0.25, 0.3) is 5.56 Å². The predicted octanol–water partition coefficient (Wildman–Crippen LogP) is 2.61. The van der Waals surface area contributed by atoms with Gasteiger partial charge in [-0.3, -0.25) is 4.79 Å². The van der Waals surface area contributed by atoms with Gasteiger partial charge in [0.15, 0.2) is 0 Å². The van der Waals surface area contributed by atoms with Crippen LogP contribution in [0.2, 0.25) is 0 Å². The van der Waals surface area contributed by atoms with Crippen LogP contribution < -0.4 is 16.0 Å². The minimum Gasteiger partial charge on any atom is -0.485 e. The predicted molar refractivity (Wildman–Crippen MR) is 85.2 cm³/mol. The molecule has 3 rings (SSSR count). The summed E-state index contributed by atoms with van der Waals surface area (Å²) < 4.78 is 6.14. The van der Waals surface area contributed by atoms with Gasteiger partial charge in [0.2, 0.25) is 0 Å². The maximum Gasteiger partial charge on any atom is 0.251 e. The van der Waals surface area contributed by atoms with Crippen LogP contribution in [0, 0.1) is 6.92 Å². The first-order valence-electron chi connectivity index (χ1n) is 7.43. The first-order chi connectivity index (χ1) is 9.84. The van der Waals surface area contributed by atoms with Crippen LogP contribution in [0.4, 0.5) is 0 Å². The summed E-state index contributed by atoms with van der Waals surface area (Å²) in [6.45, 7) is 8.58. The molecule has 0 aliphatic carbocycles. The number of benzene rings is 1. The fourth-order valence-electron chi connectivity index (χ4n) is 3.09. The fraction of sp³-hybridized carbons (Fsp3) is 0.471. The van der Waals surface area contributed by atoms with Gasteiger partial charge in [-0.15, -0.1) is 0 Å². The van der Waals surface area contributed by atoms with E-state index in [2.05, 4.69) is 11.1 Å². The average molecular weight is 286 g/mol. The number of hydrogen-bond donors (Lipinski definition) is 2. The zero-order chi connectivity index (χ0) is 15.4. The Morgan fingerprint density at radius 1 is 1.43 bits per heavy atom. The van der Waals surface area contributed by atoms with Gasteiger partial charge < -0.3 is 15.5 Å². The van der Waals surface area contributed by atoms with E-state index < -0.39 is 0 Å². The molecule has 1 aromatic carbocycles. The molecule has 1 unspecified atom stereocenters. The molecule has 2 aromatic rings. The minimum absolute atomic E-state index is 0.0138. The highest BCUT2D eigenvalue weighted by atomic mass is 16.5. The van der Waals surface area contributed by atoms with Crippen molar-refractivity contribution in [2.45, 2.75) is 45.6 Å². The van der Waals surface area contributed by atoms with Gasteiger partial charge in [-0.05, 0) is 37.0 Å². The Bertz CT molecular complexity index is 776. The second kappa shape index (κ2) is 4.60. The number of rotatable bonds is 2. The standard InChI is InChI=1S/C17H22N2O2/c1-9(2)12-6-13-14(19-16(12)20)10(3)5-11-7-17(4,8-18)21-15(11)13/h5-6,9H,7-8,18H2,1-4H3,(H,19,20). The quantitative estimate of drug-likeness (QED) is 0.891. The molecule has 0 saturated carbocycles. The molecule has 1 aliphatic heterocycles. The highest BCUT2D eigenvalue weighted by Crippen LogP contribution is 2.41. The Kier molecular flexibility index (Phi) is 3.10. The van der Waals surface area contributed by atoms with Gasteiger partial charge in [0.05, 0.1) is 5.52 Å². The van der Waals surface area contributed by atoms with Crippen molar-refractivity contribution in [1.29, 1.82) is 0 Å². The summed E-state index contributed by atoms with van der Waals surface area (Å²) in [5.41, 5.74) is 9.39. The van der Waals surface area contributed by atoms with Crippen molar-refractivity contribution in [3.63, 3.8) is 0 Å². The van der Waals surface area contributed by atoms with E-state index in [9.17, 15) is 4.79 Å². The fourth-order valence-corrected chi connectivity index (χ4v) is 3.09. The number of pyridine rings is 1. The molecule has 2 heterocycles. The molecule has 1 aliphatic rings. The number of nitrogens with two attached hydrogens (primary N) is 1. The molecule has 3 N–H and O–H groups in total. The van der Waals surface area contributed by atoms with Crippen molar-refractivity contribution in [3.05, 3.63) is 39.2 Å². The maximum atomic E-state index is 12.2. The van der Waals surface area contributed by atoms with Crippen LogP contribution in [0.3, 0.4) is 0 Å². The normalized spacial score (nSPS) is 20.9. The number of aromatic amines is 1. The summed E-state index contributed by atoms with van der Waals surface area (Å²) in [5, 5.41) is 0.991. The number of ether oxygens (including phenoxy) is 1. The van der Waals surface area contributed by atoms with Gasteiger partial charge in [-0.25, -0.2) is 0 Å². The molecule has 1 atom stereocenters. The first-order valence-corrected chi connectivity index (χ1v) is 7.43. The largest absolute Gasteiger partial charge is 0.485 e. The number of fused-ring (bicyclic) bond motifs is 3. The van der Waals surface area contributed by atoms with Crippen molar-refractivity contribution in [1.82, 2.24) is 4.98 Å². The number of nitrogens with one attached hydrogen (secondary N) is 1. The van der Waals surface area contributed by atoms with E-state index in [0.717, 1.165) is 34.2 Å². The SMILES string of the molecule is Cc1cc2c(c3cc(C(C)C)c(=O)[nH]c13)OC(C)(CN)C2. The first kappa shape index (κ1) is 14.1. The Morgan fingerprint density at radius 2 is 2.14 bits per heavy atom. The van der Waals surface area contributed by atoms with E-state index in [1.165, 1.54) is 5.56 Å². The van der Waals surface area contributed by atoms with Crippen LogP contribution in [0.25, 0.3) is 10.9 Å². The number of H-pyrrole nitrogens is 1. The van der Waals surface area contributed by atoms with Crippen molar-refractivity contribution in [2.75, 3.05) is 6.54 Å². The molecule has 0 fully saturated rings. The number of hydrogen-bond acceptors (Lipinski definition) is 3. The highest BCUT2D eigenvalue weighted by molar-refractivity contribution is 5.90. The van der Waals surface area contributed by atoms with E-state index >= 15 is 0 Å². The number of aryl methyl sites for hydroxylation is 1. The van der Waals surface area contributed by atoms with E-state index in [-0.39, 0.29) is 17.1 Å². The summed E-state index contributed by atoms with van der Waals surface area (Å²) >= 11 is 0. The third-order valence-electron chi connectivity index (χ3n) is 4.36. The molecule has 0 spiro atoms. The highest BCUT2D eigenvalue weighted by Gasteiger charge is 2.35. The molecule has 0 saturated heterocycles. The van der Waals surface area contributed by atoms with Crippen LogP contribution >= 0.6 is 0 Å². The van der Waals surface area contributed by atoms with Gasteiger partial charge in [0, 0.05) is 23.9 Å². The van der Waals surface area contributed by atoms with E-state index in [4.69, 9.17) is 10.5 Å². The second-order valence-corrected chi connectivity index (χ2v) is 6.61.